The van der Waals surface area contributed by atoms with Crippen molar-refractivity contribution in [1.29, 1.82) is 5.41 Å². The normalized spacial score (nSPS) is 11.2. The van der Waals surface area contributed by atoms with E-state index in [0.717, 1.165) is 12.1 Å². The molecule has 0 unspecified atom stereocenters. The lowest BCUT2D eigenvalue weighted by Crippen LogP contribution is -2.12. The highest BCUT2D eigenvalue weighted by atomic mass is 19.4. The highest BCUT2D eigenvalue weighted by Crippen LogP contribution is 2.34. The van der Waals surface area contributed by atoms with E-state index in [9.17, 15) is 13.2 Å². The van der Waals surface area contributed by atoms with E-state index in [1.165, 1.54) is 6.07 Å². The molecule has 0 bridgehead atoms. The molecule has 6 heteroatoms. The topological polar surface area (TPSA) is 59.1 Å². The molecule has 0 spiro atoms. The predicted molar refractivity (Wildman–Crippen MR) is 54.3 cm³/mol. The van der Waals surface area contributed by atoms with Gasteiger partial charge in [0.1, 0.15) is 0 Å². The standard InChI is InChI=1S/C10H11F3N2O/c1-2-16-9(15)6-3-4-8(14)7(5-6)10(11,12)13/h3-5,15H,2,14H2,1H3. The van der Waals surface area contributed by atoms with Crippen molar-refractivity contribution in [2.24, 2.45) is 0 Å². The molecule has 3 N–H and O–H groups in total. The molecule has 0 fully saturated rings. The zero-order valence-corrected chi connectivity index (χ0v) is 8.56. The van der Waals surface area contributed by atoms with Crippen LogP contribution in [0.2, 0.25) is 0 Å². The first-order valence-corrected chi connectivity index (χ1v) is 4.54. The summed E-state index contributed by atoms with van der Waals surface area (Å²) < 4.78 is 42.3. The van der Waals surface area contributed by atoms with Crippen LogP contribution in [0.5, 0.6) is 0 Å². The van der Waals surface area contributed by atoms with Crippen LogP contribution in [0, 0.1) is 5.41 Å². The van der Waals surface area contributed by atoms with Gasteiger partial charge in [0.05, 0.1) is 12.2 Å². The van der Waals surface area contributed by atoms with E-state index in [2.05, 4.69) is 0 Å². The number of alkyl halides is 3. The van der Waals surface area contributed by atoms with Crippen molar-refractivity contribution < 1.29 is 17.9 Å². The Morgan fingerprint density at radius 3 is 2.56 bits per heavy atom. The molecule has 1 rings (SSSR count). The maximum Gasteiger partial charge on any atom is 0.418 e. The van der Waals surface area contributed by atoms with Crippen molar-refractivity contribution in [3.8, 4) is 0 Å². The van der Waals surface area contributed by atoms with Gasteiger partial charge in [-0.25, -0.2) is 0 Å². The van der Waals surface area contributed by atoms with Gasteiger partial charge in [0.25, 0.3) is 0 Å². The second-order valence-corrected chi connectivity index (χ2v) is 3.06. The molecule has 1 aromatic carbocycles. The first kappa shape index (κ1) is 12.4. The van der Waals surface area contributed by atoms with E-state index in [-0.39, 0.29) is 23.8 Å². The molecule has 0 aliphatic heterocycles. The highest BCUT2D eigenvalue weighted by Gasteiger charge is 2.33. The van der Waals surface area contributed by atoms with Crippen LogP contribution in [0.1, 0.15) is 18.1 Å². The Balaban J connectivity index is 3.13. The van der Waals surface area contributed by atoms with E-state index in [4.69, 9.17) is 15.9 Å². The molecule has 3 nitrogen and oxygen atoms in total. The van der Waals surface area contributed by atoms with E-state index in [0.29, 0.717) is 0 Å². The average Bonchev–Trinajstić information content (AvgIpc) is 2.16. The summed E-state index contributed by atoms with van der Waals surface area (Å²) in [5, 5.41) is 7.37. The summed E-state index contributed by atoms with van der Waals surface area (Å²) in [6, 6.07) is 3.25. The van der Waals surface area contributed by atoms with Crippen molar-refractivity contribution in [3.63, 3.8) is 0 Å². The third-order valence-electron chi connectivity index (χ3n) is 1.91. The van der Waals surface area contributed by atoms with Crippen LogP contribution in [0.25, 0.3) is 0 Å². The summed E-state index contributed by atoms with van der Waals surface area (Å²) in [5.74, 6) is -0.298. The monoisotopic (exact) mass is 232 g/mol. The summed E-state index contributed by atoms with van der Waals surface area (Å²) in [4.78, 5) is 0. The minimum atomic E-state index is -4.52. The molecule has 0 radical (unpaired) electrons. The lowest BCUT2D eigenvalue weighted by atomic mass is 10.1. The van der Waals surface area contributed by atoms with Crippen molar-refractivity contribution in [2.45, 2.75) is 13.1 Å². The van der Waals surface area contributed by atoms with E-state index >= 15 is 0 Å². The predicted octanol–water partition coefficient (Wildman–Crippen LogP) is 2.65. The van der Waals surface area contributed by atoms with Gasteiger partial charge in [0.2, 0.25) is 5.90 Å². The van der Waals surface area contributed by atoms with Crippen molar-refractivity contribution >= 4 is 11.6 Å². The van der Waals surface area contributed by atoms with Gasteiger partial charge in [-0.2, -0.15) is 13.2 Å². The van der Waals surface area contributed by atoms with Crippen LogP contribution >= 0.6 is 0 Å². The quantitative estimate of drug-likeness (QED) is 0.468. The molecule has 0 heterocycles. The van der Waals surface area contributed by atoms with Crippen LogP contribution in [-0.4, -0.2) is 12.5 Å². The van der Waals surface area contributed by atoms with E-state index in [1.807, 2.05) is 0 Å². The van der Waals surface area contributed by atoms with E-state index < -0.39 is 11.7 Å². The Morgan fingerprint density at radius 1 is 1.44 bits per heavy atom. The van der Waals surface area contributed by atoms with Gasteiger partial charge < -0.3 is 10.5 Å². The van der Waals surface area contributed by atoms with Gasteiger partial charge in [-0.05, 0) is 25.1 Å². The fraction of sp³-hybridized carbons (Fsp3) is 0.300. The van der Waals surface area contributed by atoms with Crippen LogP contribution in [0.15, 0.2) is 18.2 Å². The molecule has 88 valence electrons. The molecule has 0 aromatic heterocycles. The fourth-order valence-corrected chi connectivity index (χ4v) is 1.17. The Kier molecular flexibility index (Phi) is 3.41. The largest absolute Gasteiger partial charge is 0.478 e. The Bertz CT molecular complexity index is 402. The van der Waals surface area contributed by atoms with Crippen molar-refractivity contribution in [2.75, 3.05) is 12.3 Å². The second kappa shape index (κ2) is 4.42. The maximum atomic E-state index is 12.5. The molecular formula is C10H11F3N2O. The average molecular weight is 232 g/mol. The summed E-state index contributed by atoms with van der Waals surface area (Å²) in [7, 11) is 0. The number of nitrogens with one attached hydrogen (secondary N) is 1. The molecule has 1 aromatic rings. The number of benzene rings is 1. The molecular weight excluding hydrogens is 221 g/mol. The molecule has 16 heavy (non-hydrogen) atoms. The van der Waals surface area contributed by atoms with E-state index in [1.54, 1.807) is 6.92 Å². The van der Waals surface area contributed by atoms with Gasteiger partial charge in [0.15, 0.2) is 0 Å². The summed E-state index contributed by atoms with van der Waals surface area (Å²) in [5.41, 5.74) is 3.97. The summed E-state index contributed by atoms with van der Waals surface area (Å²) in [6.45, 7) is 1.88. The number of hydrogen-bond acceptors (Lipinski definition) is 3. The zero-order chi connectivity index (χ0) is 12.3. The number of halogens is 3. The Hall–Kier alpha value is -1.72. The lowest BCUT2D eigenvalue weighted by Gasteiger charge is -2.12. The number of hydrogen-bond donors (Lipinski definition) is 2. The van der Waals surface area contributed by atoms with Gasteiger partial charge in [0, 0.05) is 11.3 Å². The zero-order valence-electron chi connectivity index (χ0n) is 8.56. The van der Waals surface area contributed by atoms with Crippen LogP contribution < -0.4 is 5.73 Å². The SMILES string of the molecule is CCOC(=N)c1ccc(N)c(C(F)(F)F)c1. The molecule has 0 aliphatic carbocycles. The molecule has 0 amide bonds. The van der Waals surface area contributed by atoms with Crippen molar-refractivity contribution in [3.05, 3.63) is 29.3 Å². The second-order valence-electron chi connectivity index (χ2n) is 3.06. The number of nitrogens with two attached hydrogens (primary N) is 1. The number of rotatable bonds is 2. The number of anilines is 1. The molecule has 0 saturated carbocycles. The summed E-state index contributed by atoms with van der Waals surface area (Å²) >= 11 is 0. The molecule has 0 atom stereocenters. The van der Waals surface area contributed by atoms with Crippen molar-refractivity contribution in [1.82, 2.24) is 0 Å². The molecule has 0 saturated heterocycles. The van der Waals surface area contributed by atoms with Crippen LogP contribution in [-0.2, 0) is 10.9 Å². The minimum Gasteiger partial charge on any atom is -0.478 e. The Morgan fingerprint density at radius 2 is 2.06 bits per heavy atom. The van der Waals surface area contributed by atoms with Crippen LogP contribution in [0.4, 0.5) is 18.9 Å². The smallest absolute Gasteiger partial charge is 0.418 e. The third-order valence-corrected chi connectivity index (χ3v) is 1.91. The number of nitrogen functional groups attached to an aromatic ring is 1. The van der Waals surface area contributed by atoms with Gasteiger partial charge in [-0.3, -0.25) is 5.41 Å². The maximum absolute atomic E-state index is 12.5. The minimum absolute atomic E-state index is 0.0587. The first-order valence-electron chi connectivity index (χ1n) is 4.54. The van der Waals surface area contributed by atoms with Crippen LogP contribution in [0.3, 0.4) is 0 Å². The fourth-order valence-electron chi connectivity index (χ4n) is 1.17. The van der Waals surface area contributed by atoms with Gasteiger partial charge in [-0.15, -0.1) is 0 Å². The van der Waals surface area contributed by atoms with Gasteiger partial charge in [-0.1, -0.05) is 0 Å². The Labute approximate surface area is 90.5 Å². The first-order chi connectivity index (χ1) is 7.36. The lowest BCUT2D eigenvalue weighted by molar-refractivity contribution is -0.136. The number of ether oxygens (including phenoxy) is 1. The van der Waals surface area contributed by atoms with Gasteiger partial charge >= 0.3 is 6.18 Å². The molecule has 0 aliphatic rings. The third kappa shape index (κ3) is 2.65. The summed E-state index contributed by atoms with van der Waals surface area (Å²) in [6.07, 6.45) is -4.52. The highest BCUT2D eigenvalue weighted by molar-refractivity contribution is 5.92.